The van der Waals surface area contributed by atoms with Crippen LogP contribution < -0.4 is 5.32 Å². The normalized spacial score (nSPS) is 15.4. The van der Waals surface area contributed by atoms with E-state index >= 15 is 0 Å². The van der Waals surface area contributed by atoms with Crippen molar-refractivity contribution in [2.24, 2.45) is 0 Å². The maximum atomic E-state index is 13.4. The summed E-state index contributed by atoms with van der Waals surface area (Å²) in [6.45, 7) is 4.41. The Morgan fingerprint density at radius 2 is 1.94 bits per heavy atom. The summed E-state index contributed by atoms with van der Waals surface area (Å²) in [4.78, 5) is 17.3. The third-order valence-corrected chi connectivity index (χ3v) is 6.82. The summed E-state index contributed by atoms with van der Waals surface area (Å²) >= 11 is 0. The Morgan fingerprint density at radius 3 is 2.62 bits per heavy atom. The van der Waals surface area contributed by atoms with Crippen LogP contribution in [0.5, 0.6) is 0 Å². The first-order valence-electron chi connectivity index (χ1n) is 11.2. The number of rotatable bonds is 6. The van der Waals surface area contributed by atoms with Gasteiger partial charge < -0.3 is 5.32 Å². The van der Waals surface area contributed by atoms with Gasteiger partial charge in [0.15, 0.2) is 5.65 Å². The van der Waals surface area contributed by atoms with Crippen LogP contribution in [0.25, 0.3) is 5.65 Å². The predicted molar refractivity (Wildman–Crippen MR) is 120 cm³/mol. The number of aryl methyl sites for hydroxylation is 2. The molecule has 0 spiro atoms. The van der Waals surface area contributed by atoms with Crippen molar-refractivity contribution in [3.8, 4) is 6.07 Å². The van der Waals surface area contributed by atoms with Crippen LogP contribution >= 0.6 is 0 Å². The molecule has 1 aromatic carbocycles. The second kappa shape index (κ2) is 9.07. The number of hydrogen-bond acceptors (Lipinski definition) is 4. The van der Waals surface area contributed by atoms with Crippen LogP contribution in [0, 0.1) is 31.0 Å². The van der Waals surface area contributed by atoms with Gasteiger partial charge in [-0.15, -0.1) is 0 Å². The van der Waals surface area contributed by atoms with Gasteiger partial charge in [0.2, 0.25) is 5.91 Å². The Labute approximate surface area is 187 Å². The number of amides is 1. The van der Waals surface area contributed by atoms with Gasteiger partial charge in [-0.2, -0.15) is 10.4 Å². The smallest absolute Gasteiger partial charge is 0.220 e. The summed E-state index contributed by atoms with van der Waals surface area (Å²) in [6, 6.07) is 8.85. The van der Waals surface area contributed by atoms with E-state index in [2.05, 4.69) is 21.5 Å². The van der Waals surface area contributed by atoms with Gasteiger partial charge in [-0.05, 0) is 56.4 Å². The molecule has 7 heteroatoms. The van der Waals surface area contributed by atoms with Crippen LogP contribution in [0.2, 0.25) is 0 Å². The summed E-state index contributed by atoms with van der Waals surface area (Å²) in [6.07, 6.45) is 7.85. The maximum Gasteiger partial charge on any atom is 0.220 e. The Bertz CT molecular complexity index is 1170. The molecule has 0 radical (unpaired) electrons. The number of halogens is 1. The number of hydrogen-bond donors (Lipinski definition) is 1. The van der Waals surface area contributed by atoms with Crippen LogP contribution in [0.4, 0.5) is 4.39 Å². The molecule has 4 rings (SSSR count). The standard InChI is InChI=1S/C25H28FN5O/c1-17-22(18(2)31-24(30-17)19(14-27)15-29-31)10-11-23(32)28-16-25(12-4-3-5-13-25)20-6-8-21(26)9-7-20/h6-9,15H,3-5,10-13,16H2,1-2H3,(H,28,32). The largest absolute Gasteiger partial charge is 0.355 e. The molecule has 0 aliphatic heterocycles. The Kier molecular flexibility index (Phi) is 6.22. The lowest BCUT2D eigenvalue weighted by atomic mass is 9.69. The lowest BCUT2D eigenvalue weighted by molar-refractivity contribution is -0.121. The van der Waals surface area contributed by atoms with Gasteiger partial charge in [-0.3, -0.25) is 4.79 Å². The van der Waals surface area contributed by atoms with E-state index in [0.717, 1.165) is 48.2 Å². The molecule has 1 saturated carbocycles. The van der Waals surface area contributed by atoms with Crippen molar-refractivity contribution in [2.45, 2.75) is 64.2 Å². The lowest BCUT2D eigenvalue weighted by Gasteiger charge is -2.38. The summed E-state index contributed by atoms with van der Waals surface area (Å²) in [7, 11) is 0. The number of carbonyl (C=O) groups excluding carboxylic acids is 1. The molecule has 1 aliphatic rings. The van der Waals surface area contributed by atoms with Crippen LogP contribution in [-0.2, 0) is 16.6 Å². The van der Waals surface area contributed by atoms with E-state index < -0.39 is 0 Å². The second-order valence-electron chi connectivity index (χ2n) is 8.79. The predicted octanol–water partition coefficient (Wildman–Crippen LogP) is 4.31. The first-order valence-corrected chi connectivity index (χ1v) is 11.2. The van der Waals surface area contributed by atoms with Crippen LogP contribution in [0.15, 0.2) is 30.5 Å². The summed E-state index contributed by atoms with van der Waals surface area (Å²) in [5.74, 6) is -0.242. The van der Waals surface area contributed by atoms with E-state index in [-0.39, 0.29) is 17.1 Å². The van der Waals surface area contributed by atoms with E-state index in [0.29, 0.717) is 30.6 Å². The maximum absolute atomic E-state index is 13.4. The Hall–Kier alpha value is -3.27. The number of fused-ring (bicyclic) bond motifs is 1. The third-order valence-electron chi connectivity index (χ3n) is 6.82. The highest BCUT2D eigenvalue weighted by Crippen LogP contribution is 2.39. The van der Waals surface area contributed by atoms with Gasteiger partial charge in [0, 0.05) is 29.8 Å². The van der Waals surface area contributed by atoms with Crippen molar-refractivity contribution >= 4 is 11.6 Å². The van der Waals surface area contributed by atoms with E-state index in [4.69, 9.17) is 0 Å². The zero-order chi connectivity index (χ0) is 22.7. The molecule has 32 heavy (non-hydrogen) atoms. The number of nitriles is 1. The molecule has 3 aromatic rings. The molecule has 166 valence electrons. The number of nitrogens with one attached hydrogen (secondary N) is 1. The van der Waals surface area contributed by atoms with Crippen molar-refractivity contribution in [3.63, 3.8) is 0 Å². The van der Waals surface area contributed by atoms with E-state index in [1.165, 1.54) is 24.8 Å². The molecule has 1 fully saturated rings. The number of aromatic nitrogens is 3. The topological polar surface area (TPSA) is 83.1 Å². The van der Waals surface area contributed by atoms with Gasteiger partial charge in [-0.25, -0.2) is 13.9 Å². The van der Waals surface area contributed by atoms with E-state index in [1.807, 2.05) is 26.0 Å². The van der Waals surface area contributed by atoms with Crippen LogP contribution in [-0.4, -0.2) is 27.0 Å². The third kappa shape index (κ3) is 4.22. The molecular formula is C25H28FN5O. The van der Waals surface area contributed by atoms with Gasteiger partial charge in [0.1, 0.15) is 17.4 Å². The molecule has 2 aromatic heterocycles. The zero-order valence-electron chi connectivity index (χ0n) is 18.6. The van der Waals surface area contributed by atoms with Crippen molar-refractivity contribution in [3.05, 3.63) is 64.4 Å². The number of benzene rings is 1. The molecule has 0 atom stereocenters. The van der Waals surface area contributed by atoms with Gasteiger partial charge in [0.05, 0.1) is 6.20 Å². The van der Waals surface area contributed by atoms with Crippen molar-refractivity contribution < 1.29 is 9.18 Å². The second-order valence-corrected chi connectivity index (χ2v) is 8.79. The monoisotopic (exact) mass is 433 g/mol. The summed E-state index contributed by atoms with van der Waals surface area (Å²) in [5.41, 5.74) is 4.66. The quantitative estimate of drug-likeness (QED) is 0.628. The molecule has 0 unspecified atom stereocenters. The van der Waals surface area contributed by atoms with Crippen molar-refractivity contribution in [1.29, 1.82) is 5.26 Å². The first kappa shape index (κ1) is 21.9. The highest BCUT2D eigenvalue weighted by molar-refractivity contribution is 5.76. The summed E-state index contributed by atoms with van der Waals surface area (Å²) < 4.78 is 15.1. The zero-order valence-corrected chi connectivity index (χ0v) is 18.6. The SMILES string of the molecule is Cc1nc2c(C#N)cnn2c(C)c1CCC(=O)NCC1(c2ccc(F)cc2)CCCCC1. The molecule has 2 heterocycles. The van der Waals surface area contributed by atoms with Crippen molar-refractivity contribution in [1.82, 2.24) is 19.9 Å². The van der Waals surface area contributed by atoms with E-state index in [9.17, 15) is 14.4 Å². The highest BCUT2D eigenvalue weighted by Gasteiger charge is 2.34. The van der Waals surface area contributed by atoms with Crippen molar-refractivity contribution in [2.75, 3.05) is 6.54 Å². The average Bonchev–Trinajstić information content (AvgIpc) is 3.21. The lowest BCUT2D eigenvalue weighted by Crippen LogP contribution is -2.42. The summed E-state index contributed by atoms with van der Waals surface area (Å²) in [5, 5.41) is 16.6. The molecule has 6 nitrogen and oxygen atoms in total. The van der Waals surface area contributed by atoms with Gasteiger partial charge in [0.25, 0.3) is 0 Å². The van der Waals surface area contributed by atoms with Crippen LogP contribution in [0.3, 0.4) is 0 Å². The average molecular weight is 434 g/mol. The van der Waals surface area contributed by atoms with E-state index in [1.54, 1.807) is 4.52 Å². The van der Waals surface area contributed by atoms with Gasteiger partial charge >= 0.3 is 0 Å². The first-order chi connectivity index (χ1) is 15.4. The minimum absolute atomic E-state index is 0.00543. The fourth-order valence-electron chi connectivity index (χ4n) is 4.95. The molecule has 0 saturated heterocycles. The fourth-order valence-corrected chi connectivity index (χ4v) is 4.95. The molecule has 1 aliphatic carbocycles. The fraction of sp³-hybridized carbons (Fsp3) is 0.440. The Balaban J connectivity index is 1.44. The van der Waals surface area contributed by atoms with Gasteiger partial charge in [-0.1, -0.05) is 31.4 Å². The minimum atomic E-state index is -0.237. The molecule has 1 amide bonds. The molecular weight excluding hydrogens is 405 g/mol. The molecule has 0 bridgehead atoms. The molecule has 1 N–H and O–H groups in total. The number of carbonyl (C=O) groups is 1. The Morgan fingerprint density at radius 1 is 1.22 bits per heavy atom. The highest BCUT2D eigenvalue weighted by atomic mass is 19.1. The minimum Gasteiger partial charge on any atom is -0.355 e. The number of nitrogens with zero attached hydrogens (tertiary/aromatic N) is 4. The van der Waals surface area contributed by atoms with Crippen LogP contribution in [0.1, 0.15) is 66.6 Å².